The largest absolute Gasteiger partial charge is 0.485 e. The molecule has 272 valence electrons. The van der Waals surface area contributed by atoms with Crippen molar-refractivity contribution in [3.05, 3.63) is 173 Å². The summed E-state index contributed by atoms with van der Waals surface area (Å²) in [5.41, 5.74) is 6.01. The van der Waals surface area contributed by atoms with Crippen LogP contribution in [0.15, 0.2) is 131 Å². The molecular formula is C40H30Br2N4O8. The summed E-state index contributed by atoms with van der Waals surface area (Å²) in [7, 11) is 0. The number of aromatic nitrogens is 2. The number of hydrogen-bond donors (Lipinski definition) is 2. The number of fused-ring (bicyclic) bond motifs is 2. The van der Waals surface area contributed by atoms with Gasteiger partial charge in [0.25, 0.3) is 11.4 Å². The lowest BCUT2D eigenvalue weighted by Gasteiger charge is -2.30. The van der Waals surface area contributed by atoms with Crippen LogP contribution in [0.25, 0.3) is 22.5 Å². The highest BCUT2D eigenvalue weighted by Gasteiger charge is 2.30. The van der Waals surface area contributed by atoms with E-state index in [1.807, 2.05) is 72.8 Å². The highest BCUT2D eigenvalue weighted by atomic mass is 79.9. The third-order valence-electron chi connectivity index (χ3n) is 9.10. The molecule has 2 aliphatic heterocycles. The Morgan fingerprint density at radius 1 is 0.593 bits per heavy atom. The average Bonchev–Trinajstić information content (AvgIpc) is 3.18. The Morgan fingerprint density at radius 3 is 1.37 bits per heavy atom. The van der Waals surface area contributed by atoms with Crippen LogP contribution in [0, 0.1) is 20.2 Å². The van der Waals surface area contributed by atoms with Crippen molar-refractivity contribution in [3.8, 4) is 34.0 Å². The summed E-state index contributed by atoms with van der Waals surface area (Å²) in [6.45, 7) is 0. The maximum atomic E-state index is 10.8. The first kappa shape index (κ1) is 36.8. The number of benzene rings is 4. The Hall–Kier alpha value is -5.54. The van der Waals surface area contributed by atoms with Crippen LogP contribution in [-0.2, 0) is 0 Å². The van der Waals surface area contributed by atoms with E-state index in [0.717, 1.165) is 31.2 Å². The maximum absolute atomic E-state index is 10.8. The van der Waals surface area contributed by atoms with Crippen LogP contribution in [0.5, 0.6) is 11.5 Å². The molecule has 2 aromatic heterocycles. The van der Waals surface area contributed by atoms with Crippen LogP contribution >= 0.6 is 31.9 Å². The molecule has 0 amide bonds. The first-order chi connectivity index (χ1) is 26.0. The third kappa shape index (κ3) is 8.16. The Labute approximate surface area is 325 Å². The van der Waals surface area contributed by atoms with E-state index in [2.05, 4.69) is 41.8 Å². The molecule has 4 unspecified atom stereocenters. The van der Waals surface area contributed by atoms with Gasteiger partial charge in [0.2, 0.25) is 0 Å². The highest BCUT2D eigenvalue weighted by molar-refractivity contribution is 9.10. The van der Waals surface area contributed by atoms with E-state index >= 15 is 0 Å². The molecule has 14 heteroatoms. The van der Waals surface area contributed by atoms with E-state index < -0.39 is 22.1 Å². The Bertz CT molecular complexity index is 2180. The van der Waals surface area contributed by atoms with E-state index in [1.165, 1.54) is 24.5 Å². The van der Waals surface area contributed by atoms with E-state index in [4.69, 9.17) is 9.47 Å². The van der Waals surface area contributed by atoms with Crippen molar-refractivity contribution in [1.82, 2.24) is 9.97 Å². The molecule has 0 aliphatic carbocycles. The van der Waals surface area contributed by atoms with Crippen LogP contribution < -0.4 is 9.47 Å². The van der Waals surface area contributed by atoms with Gasteiger partial charge in [0, 0.05) is 56.2 Å². The average molecular weight is 855 g/mol. The number of rotatable bonds is 6. The second kappa shape index (κ2) is 15.8. The zero-order chi connectivity index (χ0) is 37.9. The van der Waals surface area contributed by atoms with Gasteiger partial charge in [-0.3, -0.25) is 20.2 Å². The van der Waals surface area contributed by atoms with Crippen molar-refractivity contribution in [2.24, 2.45) is 0 Å². The zero-order valence-electron chi connectivity index (χ0n) is 28.2. The number of halogens is 2. The van der Waals surface area contributed by atoms with Gasteiger partial charge in [0.1, 0.15) is 36.1 Å². The summed E-state index contributed by atoms with van der Waals surface area (Å²) >= 11 is 6.92. The van der Waals surface area contributed by atoms with Crippen LogP contribution in [0.3, 0.4) is 0 Å². The van der Waals surface area contributed by atoms with Gasteiger partial charge in [-0.1, -0.05) is 56.1 Å². The monoisotopic (exact) mass is 852 g/mol. The summed E-state index contributed by atoms with van der Waals surface area (Å²) < 4.78 is 14.1. The van der Waals surface area contributed by atoms with E-state index in [9.17, 15) is 30.4 Å². The molecule has 2 aliphatic rings. The van der Waals surface area contributed by atoms with Crippen LogP contribution in [0.4, 0.5) is 11.4 Å². The molecule has 0 spiro atoms. The molecular weight excluding hydrogens is 824 g/mol. The summed E-state index contributed by atoms with van der Waals surface area (Å²) in [4.78, 5) is 28.9. The van der Waals surface area contributed by atoms with E-state index in [1.54, 1.807) is 24.3 Å². The fourth-order valence-corrected chi connectivity index (χ4v) is 7.20. The minimum atomic E-state index is -0.671. The predicted octanol–water partition coefficient (Wildman–Crippen LogP) is 9.95. The van der Waals surface area contributed by atoms with Gasteiger partial charge in [-0.25, -0.2) is 9.97 Å². The van der Waals surface area contributed by atoms with Gasteiger partial charge >= 0.3 is 0 Å². The van der Waals surface area contributed by atoms with Crippen molar-refractivity contribution >= 4 is 43.2 Å². The second-order valence-corrected chi connectivity index (χ2v) is 14.5. The minimum Gasteiger partial charge on any atom is -0.485 e. The van der Waals surface area contributed by atoms with Gasteiger partial charge in [-0.2, -0.15) is 0 Å². The second-order valence-electron chi connectivity index (χ2n) is 12.6. The lowest BCUT2D eigenvalue weighted by molar-refractivity contribution is -0.385. The molecule has 4 heterocycles. The molecule has 0 saturated heterocycles. The van der Waals surface area contributed by atoms with Gasteiger partial charge in [-0.05, 0) is 83.9 Å². The molecule has 0 bridgehead atoms. The first-order valence-corrected chi connectivity index (χ1v) is 18.3. The Morgan fingerprint density at radius 2 is 1.02 bits per heavy atom. The summed E-state index contributed by atoms with van der Waals surface area (Å²) in [6.07, 6.45) is 1.55. The number of aliphatic hydroxyl groups excluding tert-OH is 2. The number of pyridine rings is 2. The fourth-order valence-electron chi connectivity index (χ4n) is 6.36. The zero-order valence-corrected chi connectivity index (χ0v) is 31.3. The summed E-state index contributed by atoms with van der Waals surface area (Å²) in [6, 6.07) is 32.6. The van der Waals surface area contributed by atoms with Crippen LogP contribution in [-0.4, -0.2) is 30.0 Å². The van der Waals surface area contributed by atoms with Gasteiger partial charge in [0.15, 0.2) is 0 Å². The molecule has 0 fully saturated rings. The van der Waals surface area contributed by atoms with Crippen molar-refractivity contribution < 1.29 is 29.5 Å². The number of nitrogens with zero attached hydrogens (tertiary/aromatic N) is 4. The van der Waals surface area contributed by atoms with Crippen LogP contribution in [0.1, 0.15) is 59.5 Å². The van der Waals surface area contributed by atoms with Gasteiger partial charge in [-0.15, -0.1) is 0 Å². The third-order valence-corrected chi connectivity index (χ3v) is 10.1. The van der Waals surface area contributed by atoms with Crippen molar-refractivity contribution in [1.29, 1.82) is 0 Å². The maximum Gasteiger partial charge on any atom is 0.287 e. The van der Waals surface area contributed by atoms with Crippen molar-refractivity contribution in [3.63, 3.8) is 0 Å². The van der Waals surface area contributed by atoms with Crippen LogP contribution in [0.2, 0.25) is 0 Å². The smallest absolute Gasteiger partial charge is 0.287 e. The predicted molar refractivity (Wildman–Crippen MR) is 207 cm³/mol. The molecule has 8 rings (SSSR count). The fraction of sp³-hybridized carbons (Fsp3) is 0.150. The molecule has 4 aromatic carbocycles. The molecule has 4 atom stereocenters. The Kier molecular flexibility index (Phi) is 10.8. The number of nitro groups is 2. The lowest BCUT2D eigenvalue weighted by atomic mass is 9.93. The highest BCUT2D eigenvalue weighted by Crippen LogP contribution is 2.44. The molecule has 54 heavy (non-hydrogen) atoms. The normalized spacial score (nSPS) is 18.4. The quantitative estimate of drug-likeness (QED) is 0.121. The van der Waals surface area contributed by atoms with Gasteiger partial charge < -0.3 is 19.7 Å². The Balaban J connectivity index is 0.000000167. The summed E-state index contributed by atoms with van der Waals surface area (Å²) in [5, 5.41) is 42.8. The summed E-state index contributed by atoms with van der Waals surface area (Å²) in [5.74, 6) is 1.26. The number of aliphatic hydroxyl groups is 2. The first-order valence-electron chi connectivity index (χ1n) is 16.7. The van der Waals surface area contributed by atoms with Crippen molar-refractivity contribution in [2.75, 3.05) is 0 Å². The molecule has 12 nitrogen and oxygen atoms in total. The number of hydrogen-bond acceptors (Lipinski definition) is 10. The van der Waals surface area contributed by atoms with E-state index in [0.29, 0.717) is 46.9 Å². The SMILES string of the molecule is O=[N+]([O-])c1ccc(-c2ccc3c(c2)C(O)CC(c2cccc(Br)c2)O3)nc1.O=[N+]([O-])c1ccc(-c2ccc3c(c2)C(O)CC(c2cccc(Br)c2)O3)nc1. The topological polar surface area (TPSA) is 171 Å². The molecule has 0 radical (unpaired) electrons. The minimum absolute atomic E-state index is 0.0584. The van der Waals surface area contributed by atoms with E-state index in [-0.39, 0.29) is 23.6 Å². The number of ether oxygens (including phenoxy) is 2. The molecule has 2 N–H and O–H groups in total. The standard InChI is InChI=1S/2C20H15BrN2O4/c2*21-14-3-1-2-13(8-14)20-10-18(24)16-9-12(4-7-19(16)27-20)17-6-5-15(11-22-17)23(25)26/h2*1-9,11,18,20,24H,10H2. The van der Waals surface area contributed by atoms with Crippen molar-refractivity contribution in [2.45, 2.75) is 37.3 Å². The van der Waals surface area contributed by atoms with Gasteiger partial charge in [0.05, 0.1) is 33.4 Å². The molecule has 0 saturated carbocycles. The lowest BCUT2D eigenvalue weighted by Crippen LogP contribution is -2.19. The molecule has 6 aromatic rings.